The molecule has 5 aromatic rings. The van der Waals surface area contributed by atoms with Crippen LogP contribution in [0.3, 0.4) is 0 Å². The number of anilines is 1. The maximum atomic E-state index is 14.3. The minimum atomic E-state index is -1.07. The van der Waals surface area contributed by atoms with E-state index in [9.17, 15) is 19.1 Å². The van der Waals surface area contributed by atoms with Crippen LogP contribution in [0.15, 0.2) is 101 Å². The number of aliphatic hydroxyl groups is 1. The maximum absolute atomic E-state index is 14.3. The molecule has 1 fully saturated rings. The number of carbonyl (C=O) groups is 2. The van der Waals surface area contributed by atoms with Crippen molar-refractivity contribution in [1.82, 2.24) is 10.2 Å². The summed E-state index contributed by atoms with van der Waals surface area (Å²) in [6, 6.07) is 25.3. The molecule has 52 heavy (non-hydrogen) atoms. The van der Waals surface area contributed by atoms with Crippen molar-refractivity contribution in [3.63, 3.8) is 0 Å². The number of hydrogen-bond acceptors (Lipinski definition) is 10. The van der Waals surface area contributed by atoms with Gasteiger partial charge >= 0.3 is 5.91 Å². The lowest BCUT2D eigenvalue weighted by Crippen LogP contribution is -2.29. The van der Waals surface area contributed by atoms with Crippen LogP contribution >= 0.6 is 23.1 Å². The van der Waals surface area contributed by atoms with Gasteiger partial charge in [-0.1, -0.05) is 97.0 Å². The maximum Gasteiger partial charge on any atom is 0.301 e. The van der Waals surface area contributed by atoms with Crippen LogP contribution in [0.2, 0.25) is 0 Å². The van der Waals surface area contributed by atoms with Crippen molar-refractivity contribution < 1.29 is 33.3 Å². The highest BCUT2D eigenvalue weighted by molar-refractivity contribution is 8.00. The van der Waals surface area contributed by atoms with Crippen LogP contribution in [0.25, 0.3) is 5.76 Å². The van der Waals surface area contributed by atoms with E-state index >= 15 is 0 Å². The van der Waals surface area contributed by atoms with Crippen LogP contribution < -0.4 is 19.1 Å². The number of halogens is 1. The zero-order valence-corrected chi connectivity index (χ0v) is 30.6. The van der Waals surface area contributed by atoms with Crippen molar-refractivity contribution in [2.24, 2.45) is 0 Å². The molecule has 1 aliphatic heterocycles. The van der Waals surface area contributed by atoms with Crippen LogP contribution in [0.4, 0.5) is 9.52 Å². The molecule has 0 radical (unpaired) electrons. The minimum absolute atomic E-state index is 0.118. The molecule has 0 bridgehead atoms. The van der Waals surface area contributed by atoms with Crippen molar-refractivity contribution in [2.75, 3.05) is 18.6 Å². The summed E-state index contributed by atoms with van der Waals surface area (Å²) in [6.07, 6.45) is 2.96. The van der Waals surface area contributed by atoms with Crippen molar-refractivity contribution in [3.05, 3.63) is 130 Å². The van der Waals surface area contributed by atoms with Gasteiger partial charge in [-0.15, -0.1) is 10.2 Å². The number of unbranched alkanes of at least 4 members (excludes halogenated alkanes) is 2. The number of aromatic nitrogens is 2. The Morgan fingerprint density at radius 3 is 2.50 bits per heavy atom. The summed E-state index contributed by atoms with van der Waals surface area (Å²) in [5.41, 5.74) is 3.35. The molecule has 12 heteroatoms. The van der Waals surface area contributed by atoms with Crippen LogP contribution in [0.5, 0.6) is 17.2 Å². The number of nitrogens with zero attached hydrogens (tertiary/aromatic N) is 3. The molecule has 1 aliphatic rings. The molecular weight excluding hydrogens is 702 g/mol. The molecule has 1 N–H and O–H groups in total. The first kappa shape index (κ1) is 36.6. The third-order valence-corrected chi connectivity index (χ3v) is 10.6. The molecule has 4 aromatic carbocycles. The van der Waals surface area contributed by atoms with Gasteiger partial charge in [-0.25, -0.2) is 4.39 Å². The fourth-order valence-corrected chi connectivity index (χ4v) is 7.65. The fourth-order valence-electron chi connectivity index (χ4n) is 5.80. The largest absolute Gasteiger partial charge is 0.507 e. The number of aryl methyl sites for hydroxylation is 1. The van der Waals surface area contributed by atoms with Gasteiger partial charge in [-0.3, -0.25) is 14.5 Å². The Labute approximate surface area is 310 Å². The number of rotatable bonds is 15. The summed E-state index contributed by atoms with van der Waals surface area (Å²) in [5.74, 6) is -0.635. The number of aliphatic hydroxyl groups excluding tert-OH is 1. The van der Waals surface area contributed by atoms with Gasteiger partial charge < -0.3 is 19.3 Å². The van der Waals surface area contributed by atoms with Gasteiger partial charge in [0.15, 0.2) is 15.8 Å². The normalized spacial score (nSPS) is 15.2. The highest BCUT2D eigenvalue weighted by atomic mass is 32.2. The smallest absolute Gasteiger partial charge is 0.301 e. The number of amides is 1. The molecule has 1 saturated heterocycles. The van der Waals surface area contributed by atoms with Crippen molar-refractivity contribution in [3.8, 4) is 17.2 Å². The summed E-state index contributed by atoms with van der Waals surface area (Å²) in [7, 11) is 1.52. The van der Waals surface area contributed by atoms with E-state index < -0.39 is 17.7 Å². The molecular formula is C40H38FN3O6S2. The SMILES string of the molecule is CCCCCOc1ccc(C2/C(=C(\O)c3ccc(OCc4cccc(C)c4)cc3)C(=O)C(=O)N2c2nnc(SCc3ccccc3F)s2)cc1OC. The topological polar surface area (TPSA) is 111 Å². The Kier molecular flexibility index (Phi) is 11.9. The van der Waals surface area contributed by atoms with Gasteiger partial charge in [-0.05, 0) is 72.5 Å². The zero-order chi connectivity index (χ0) is 36.6. The lowest BCUT2D eigenvalue weighted by molar-refractivity contribution is -0.132. The van der Waals surface area contributed by atoms with Gasteiger partial charge in [0.25, 0.3) is 5.78 Å². The Morgan fingerprint density at radius 1 is 0.942 bits per heavy atom. The quantitative estimate of drug-likeness (QED) is 0.0281. The lowest BCUT2D eigenvalue weighted by atomic mass is 9.95. The minimum Gasteiger partial charge on any atom is -0.507 e. The van der Waals surface area contributed by atoms with Crippen LogP contribution in [-0.2, 0) is 21.9 Å². The zero-order valence-electron chi connectivity index (χ0n) is 29.0. The molecule has 1 unspecified atom stereocenters. The summed E-state index contributed by atoms with van der Waals surface area (Å²) < 4.78 is 32.4. The third kappa shape index (κ3) is 8.29. The number of thioether (sulfide) groups is 1. The number of ketones is 1. The van der Waals surface area contributed by atoms with Crippen molar-refractivity contribution >= 4 is 45.7 Å². The molecule has 0 aliphatic carbocycles. The second-order valence-corrected chi connectivity index (χ2v) is 14.3. The summed E-state index contributed by atoms with van der Waals surface area (Å²) in [6.45, 7) is 5.00. The number of carbonyl (C=O) groups excluding carboxylic acids is 2. The van der Waals surface area contributed by atoms with Gasteiger partial charge in [0, 0.05) is 11.3 Å². The van der Waals surface area contributed by atoms with Crippen LogP contribution in [0.1, 0.15) is 60.0 Å². The Morgan fingerprint density at radius 2 is 1.75 bits per heavy atom. The van der Waals surface area contributed by atoms with Crippen molar-refractivity contribution in [1.29, 1.82) is 0 Å². The predicted octanol–water partition coefficient (Wildman–Crippen LogP) is 9.06. The first-order chi connectivity index (χ1) is 25.3. The van der Waals surface area contributed by atoms with Crippen LogP contribution in [0, 0.1) is 12.7 Å². The number of benzene rings is 4. The summed E-state index contributed by atoms with van der Waals surface area (Å²) in [5, 5.41) is 20.4. The van der Waals surface area contributed by atoms with Gasteiger partial charge in [0.2, 0.25) is 5.13 Å². The number of ether oxygens (including phenoxy) is 3. The second kappa shape index (κ2) is 16.9. The molecule has 2 heterocycles. The van der Waals surface area contributed by atoms with E-state index in [1.165, 1.54) is 29.8 Å². The van der Waals surface area contributed by atoms with E-state index in [1.807, 2.05) is 31.2 Å². The second-order valence-electron chi connectivity index (χ2n) is 12.2. The average molecular weight is 740 g/mol. The van der Waals surface area contributed by atoms with E-state index in [-0.39, 0.29) is 22.3 Å². The Bertz CT molecular complexity index is 2080. The number of hydrogen-bond donors (Lipinski definition) is 1. The Balaban J connectivity index is 1.33. The summed E-state index contributed by atoms with van der Waals surface area (Å²) >= 11 is 2.36. The first-order valence-corrected chi connectivity index (χ1v) is 18.7. The van der Waals surface area contributed by atoms with Crippen LogP contribution in [-0.4, -0.2) is 40.7 Å². The number of methoxy groups -OCH3 is 1. The highest BCUT2D eigenvalue weighted by Crippen LogP contribution is 2.46. The van der Waals surface area contributed by atoms with E-state index in [4.69, 9.17) is 14.2 Å². The molecule has 0 spiro atoms. The summed E-state index contributed by atoms with van der Waals surface area (Å²) in [4.78, 5) is 28.9. The molecule has 0 saturated carbocycles. The molecule has 9 nitrogen and oxygen atoms in total. The van der Waals surface area contributed by atoms with E-state index in [2.05, 4.69) is 17.1 Å². The van der Waals surface area contributed by atoms with Gasteiger partial charge in [0.05, 0.1) is 25.3 Å². The molecule has 1 amide bonds. The average Bonchev–Trinajstić information content (AvgIpc) is 3.73. The highest BCUT2D eigenvalue weighted by Gasteiger charge is 2.48. The van der Waals surface area contributed by atoms with E-state index in [0.29, 0.717) is 57.2 Å². The van der Waals surface area contributed by atoms with Gasteiger partial charge in [-0.2, -0.15) is 0 Å². The first-order valence-electron chi connectivity index (χ1n) is 16.9. The van der Waals surface area contributed by atoms with E-state index in [0.717, 1.165) is 41.7 Å². The molecule has 1 aromatic heterocycles. The third-order valence-electron chi connectivity index (χ3n) is 8.48. The molecule has 6 rings (SSSR count). The number of Topliss-reactive ketones (excluding diaryl/α,β-unsaturated/α-hetero) is 1. The van der Waals surface area contributed by atoms with Gasteiger partial charge in [0.1, 0.15) is 23.9 Å². The molecule has 1 atom stereocenters. The standard InChI is InChI=1S/C40H38FN3O6S2/c1-4-5-8-20-49-32-19-16-28(22-33(32)48-3)35-34(36(45)27-14-17-30(18-15-27)50-23-26-11-9-10-25(2)21-26)37(46)38(47)44(35)39-42-43-40(52-39)51-24-29-12-6-7-13-31(29)41/h6-7,9-19,21-22,35,45H,4-5,8,20,23-24H2,1-3H3/b36-34+. The lowest BCUT2D eigenvalue weighted by Gasteiger charge is -2.23. The molecule has 268 valence electrons. The fraction of sp³-hybridized carbons (Fsp3) is 0.250. The van der Waals surface area contributed by atoms with Crippen molar-refractivity contribution in [2.45, 2.75) is 55.9 Å². The Hall–Kier alpha value is -5.20. The monoisotopic (exact) mass is 739 g/mol. The predicted molar refractivity (Wildman–Crippen MR) is 201 cm³/mol. The van der Waals surface area contributed by atoms with E-state index in [1.54, 1.807) is 60.7 Å².